The lowest BCUT2D eigenvalue weighted by Gasteiger charge is -2.21. The van der Waals surface area contributed by atoms with Gasteiger partial charge in [-0.15, -0.1) is 0 Å². The molecule has 4 heteroatoms. The van der Waals surface area contributed by atoms with E-state index < -0.39 is 5.97 Å². The molecule has 1 aliphatic carbocycles. The second-order valence-electron chi connectivity index (χ2n) is 4.88. The molecule has 0 saturated heterocycles. The van der Waals surface area contributed by atoms with Crippen molar-refractivity contribution >= 4 is 11.9 Å². The van der Waals surface area contributed by atoms with Gasteiger partial charge in [0.15, 0.2) is 0 Å². The fourth-order valence-electron chi connectivity index (χ4n) is 2.11. The van der Waals surface area contributed by atoms with Gasteiger partial charge in [0, 0.05) is 11.6 Å². The van der Waals surface area contributed by atoms with E-state index in [0.29, 0.717) is 5.56 Å². The molecule has 0 aromatic heterocycles. The number of carbonyl (C=O) groups excluding carboxylic acids is 1. The molecule has 0 radical (unpaired) electrons. The lowest BCUT2D eigenvalue weighted by molar-refractivity contribution is -0.137. The van der Waals surface area contributed by atoms with Crippen LogP contribution >= 0.6 is 0 Å². The van der Waals surface area contributed by atoms with Crippen molar-refractivity contribution in [1.29, 1.82) is 0 Å². The fourth-order valence-corrected chi connectivity index (χ4v) is 2.11. The van der Waals surface area contributed by atoms with Crippen molar-refractivity contribution < 1.29 is 14.7 Å². The van der Waals surface area contributed by atoms with Gasteiger partial charge in [0.25, 0.3) is 5.91 Å². The van der Waals surface area contributed by atoms with Crippen molar-refractivity contribution in [2.45, 2.75) is 32.7 Å². The van der Waals surface area contributed by atoms with Crippen LogP contribution in [0.3, 0.4) is 0 Å². The molecule has 1 saturated carbocycles. The van der Waals surface area contributed by atoms with Crippen LogP contribution in [0.15, 0.2) is 18.2 Å². The van der Waals surface area contributed by atoms with Gasteiger partial charge in [-0.25, -0.2) is 0 Å². The van der Waals surface area contributed by atoms with E-state index in [1.807, 2.05) is 26.0 Å². The molecule has 0 unspecified atom stereocenters. The van der Waals surface area contributed by atoms with E-state index in [2.05, 4.69) is 0 Å². The molecule has 1 aromatic carbocycles. The molecule has 1 aromatic rings. The van der Waals surface area contributed by atoms with Gasteiger partial charge in [0.1, 0.15) is 6.54 Å². The highest BCUT2D eigenvalue weighted by Gasteiger charge is 2.34. The van der Waals surface area contributed by atoms with Gasteiger partial charge in [-0.05, 0) is 38.3 Å². The van der Waals surface area contributed by atoms with E-state index in [9.17, 15) is 9.59 Å². The van der Waals surface area contributed by atoms with Crippen LogP contribution in [0.5, 0.6) is 0 Å². The molecular formula is C14H17NO3. The van der Waals surface area contributed by atoms with Crippen molar-refractivity contribution in [2.24, 2.45) is 0 Å². The molecule has 0 aliphatic heterocycles. The van der Waals surface area contributed by atoms with E-state index in [4.69, 9.17) is 5.11 Å². The summed E-state index contributed by atoms with van der Waals surface area (Å²) in [5.41, 5.74) is 2.60. The lowest BCUT2D eigenvalue weighted by atomic mass is 10.0. The fraction of sp³-hybridized carbons (Fsp3) is 0.429. The van der Waals surface area contributed by atoms with Gasteiger partial charge in [-0.1, -0.05) is 17.7 Å². The Morgan fingerprint density at radius 3 is 2.50 bits per heavy atom. The molecule has 1 fully saturated rings. The van der Waals surface area contributed by atoms with Crippen LogP contribution in [0.1, 0.15) is 34.3 Å². The number of hydrogen-bond acceptors (Lipinski definition) is 2. The maximum atomic E-state index is 12.4. The molecule has 96 valence electrons. The van der Waals surface area contributed by atoms with Crippen molar-refractivity contribution in [1.82, 2.24) is 4.90 Å². The maximum absolute atomic E-state index is 12.4. The summed E-state index contributed by atoms with van der Waals surface area (Å²) in [5, 5.41) is 8.88. The Kier molecular flexibility index (Phi) is 3.36. The Bertz CT molecular complexity index is 492. The minimum absolute atomic E-state index is 0.106. The summed E-state index contributed by atoms with van der Waals surface area (Å²) in [5.74, 6) is -1.13. The summed E-state index contributed by atoms with van der Waals surface area (Å²) < 4.78 is 0. The first-order chi connectivity index (χ1) is 8.49. The first-order valence-corrected chi connectivity index (χ1v) is 6.09. The summed E-state index contributed by atoms with van der Waals surface area (Å²) in [6.07, 6.45) is 1.81. The highest BCUT2D eigenvalue weighted by molar-refractivity contribution is 5.97. The van der Waals surface area contributed by atoms with E-state index in [1.54, 1.807) is 6.07 Å². The van der Waals surface area contributed by atoms with Crippen LogP contribution in [-0.4, -0.2) is 34.5 Å². The zero-order valence-corrected chi connectivity index (χ0v) is 10.6. The zero-order valence-electron chi connectivity index (χ0n) is 10.6. The predicted octanol–water partition coefficient (Wildman–Crippen LogP) is 1.99. The average molecular weight is 247 g/mol. The third-order valence-electron chi connectivity index (χ3n) is 3.17. The second-order valence-corrected chi connectivity index (χ2v) is 4.88. The van der Waals surface area contributed by atoms with Crippen molar-refractivity contribution in [3.05, 3.63) is 34.9 Å². The Labute approximate surface area is 106 Å². The topological polar surface area (TPSA) is 57.6 Å². The number of hydrogen-bond donors (Lipinski definition) is 1. The van der Waals surface area contributed by atoms with Gasteiger partial charge in [0.05, 0.1) is 0 Å². The highest BCUT2D eigenvalue weighted by atomic mass is 16.4. The van der Waals surface area contributed by atoms with Crippen LogP contribution < -0.4 is 0 Å². The number of rotatable bonds is 4. The average Bonchev–Trinajstić information content (AvgIpc) is 3.08. The molecule has 18 heavy (non-hydrogen) atoms. The number of nitrogens with zero attached hydrogens (tertiary/aromatic N) is 1. The van der Waals surface area contributed by atoms with Gasteiger partial charge in [-0.2, -0.15) is 0 Å². The summed E-state index contributed by atoms with van der Waals surface area (Å²) in [6, 6.07) is 5.71. The SMILES string of the molecule is Cc1ccc(C(=O)N(CC(=O)O)C2CC2)c(C)c1. The molecule has 1 amide bonds. The number of carboxylic acids is 1. The third-order valence-corrected chi connectivity index (χ3v) is 3.17. The zero-order chi connectivity index (χ0) is 13.3. The van der Waals surface area contributed by atoms with E-state index in [1.165, 1.54) is 4.90 Å². The Morgan fingerprint density at radius 1 is 1.33 bits per heavy atom. The Balaban J connectivity index is 2.24. The van der Waals surface area contributed by atoms with Crippen molar-refractivity contribution in [3.8, 4) is 0 Å². The van der Waals surface area contributed by atoms with E-state index in [-0.39, 0.29) is 18.5 Å². The first-order valence-electron chi connectivity index (χ1n) is 6.09. The number of aliphatic carboxylic acids is 1. The van der Waals surface area contributed by atoms with Crippen LogP contribution in [0, 0.1) is 13.8 Å². The Morgan fingerprint density at radius 2 is 2.00 bits per heavy atom. The summed E-state index contributed by atoms with van der Waals surface area (Å²) in [4.78, 5) is 24.7. The summed E-state index contributed by atoms with van der Waals surface area (Å²) >= 11 is 0. The van der Waals surface area contributed by atoms with Gasteiger partial charge >= 0.3 is 5.97 Å². The number of carbonyl (C=O) groups is 2. The number of aryl methyl sites for hydroxylation is 2. The molecular weight excluding hydrogens is 230 g/mol. The second kappa shape index (κ2) is 4.80. The monoisotopic (exact) mass is 247 g/mol. The normalized spacial score (nSPS) is 14.3. The number of carboxylic acid groups (broad SMARTS) is 1. The molecule has 0 atom stereocenters. The van der Waals surface area contributed by atoms with Crippen molar-refractivity contribution in [2.75, 3.05) is 6.54 Å². The molecule has 0 bridgehead atoms. The van der Waals surface area contributed by atoms with Gasteiger partial charge in [-0.3, -0.25) is 9.59 Å². The molecule has 0 spiro atoms. The van der Waals surface area contributed by atoms with Crippen LogP contribution in [0.4, 0.5) is 0 Å². The van der Waals surface area contributed by atoms with Crippen LogP contribution in [-0.2, 0) is 4.79 Å². The summed E-state index contributed by atoms with van der Waals surface area (Å²) in [7, 11) is 0. The minimum Gasteiger partial charge on any atom is -0.480 e. The minimum atomic E-state index is -0.958. The van der Waals surface area contributed by atoms with E-state index in [0.717, 1.165) is 24.0 Å². The molecule has 1 N–H and O–H groups in total. The quantitative estimate of drug-likeness (QED) is 0.885. The smallest absolute Gasteiger partial charge is 0.323 e. The first kappa shape index (κ1) is 12.6. The van der Waals surface area contributed by atoms with Crippen molar-refractivity contribution in [3.63, 3.8) is 0 Å². The molecule has 2 rings (SSSR count). The molecule has 0 heterocycles. The van der Waals surface area contributed by atoms with Gasteiger partial charge < -0.3 is 10.0 Å². The third kappa shape index (κ3) is 2.70. The standard InChI is InChI=1S/C14H17NO3/c1-9-3-6-12(10(2)7-9)14(18)15(8-13(16)17)11-4-5-11/h3,6-7,11H,4-5,8H2,1-2H3,(H,16,17). The maximum Gasteiger partial charge on any atom is 0.323 e. The molecule has 4 nitrogen and oxygen atoms in total. The van der Waals surface area contributed by atoms with Crippen LogP contribution in [0.2, 0.25) is 0 Å². The predicted molar refractivity (Wildman–Crippen MR) is 67.6 cm³/mol. The number of amides is 1. The van der Waals surface area contributed by atoms with Gasteiger partial charge in [0.2, 0.25) is 0 Å². The highest BCUT2D eigenvalue weighted by Crippen LogP contribution is 2.28. The lowest BCUT2D eigenvalue weighted by Crippen LogP contribution is -2.37. The summed E-state index contributed by atoms with van der Waals surface area (Å²) in [6.45, 7) is 3.64. The Hall–Kier alpha value is -1.84. The largest absolute Gasteiger partial charge is 0.480 e. The number of benzene rings is 1. The van der Waals surface area contributed by atoms with E-state index >= 15 is 0 Å². The molecule has 1 aliphatic rings. The van der Waals surface area contributed by atoms with Crippen LogP contribution in [0.25, 0.3) is 0 Å².